The molecule has 0 saturated heterocycles. The molecule has 164 valence electrons. The maximum absolute atomic E-state index is 13.4. The molecule has 1 atom stereocenters. The van der Waals surface area contributed by atoms with E-state index in [1.807, 2.05) is 0 Å². The van der Waals surface area contributed by atoms with Gasteiger partial charge in [-0.25, -0.2) is 4.68 Å². The molecule has 0 spiro atoms. The number of carbonyl (C=O) groups is 1. The number of anilines is 2. The van der Waals surface area contributed by atoms with Crippen LogP contribution in [0, 0.1) is 10.1 Å². The van der Waals surface area contributed by atoms with Crippen LogP contribution in [-0.2, 0) is 4.79 Å². The molecule has 1 aliphatic heterocycles. The van der Waals surface area contributed by atoms with Crippen LogP contribution < -0.4 is 10.6 Å². The van der Waals surface area contributed by atoms with Crippen molar-refractivity contribution in [2.24, 2.45) is 0 Å². The van der Waals surface area contributed by atoms with Crippen molar-refractivity contribution >= 4 is 23.2 Å². The highest BCUT2D eigenvalue weighted by molar-refractivity contribution is 6.06. The van der Waals surface area contributed by atoms with E-state index in [4.69, 9.17) is 4.42 Å². The van der Waals surface area contributed by atoms with E-state index in [2.05, 4.69) is 25.7 Å². The molecule has 0 fully saturated rings. The predicted molar refractivity (Wildman–Crippen MR) is 118 cm³/mol. The van der Waals surface area contributed by atoms with Crippen molar-refractivity contribution in [2.75, 3.05) is 10.6 Å². The van der Waals surface area contributed by atoms with Gasteiger partial charge in [-0.15, -0.1) is 5.10 Å². The molecule has 11 heteroatoms. The van der Waals surface area contributed by atoms with E-state index in [9.17, 15) is 14.9 Å². The molecule has 0 saturated carbocycles. The van der Waals surface area contributed by atoms with E-state index >= 15 is 0 Å². The van der Waals surface area contributed by atoms with Crippen LogP contribution in [-0.4, -0.2) is 30.6 Å². The molecule has 1 unspecified atom stereocenters. The van der Waals surface area contributed by atoms with Gasteiger partial charge in [0.25, 0.3) is 11.6 Å². The Morgan fingerprint density at radius 3 is 2.79 bits per heavy atom. The van der Waals surface area contributed by atoms with Crippen LogP contribution in [0.5, 0.6) is 0 Å². The Kier molecular flexibility index (Phi) is 4.90. The zero-order chi connectivity index (χ0) is 22.9. The van der Waals surface area contributed by atoms with Gasteiger partial charge in [-0.3, -0.25) is 19.9 Å². The fourth-order valence-electron chi connectivity index (χ4n) is 3.76. The molecule has 4 heterocycles. The third-order valence-corrected chi connectivity index (χ3v) is 5.19. The van der Waals surface area contributed by atoms with Gasteiger partial charge in [-0.05, 0) is 37.3 Å². The van der Waals surface area contributed by atoms with Gasteiger partial charge >= 0.3 is 0 Å². The molecular weight excluding hydrogens is 426 g/mol. The first-order valence-electron chi connectivity index (χ1n) is 9.96. The van der Waals surface area contributed by atoms with Gasteiger partial charge in [0.1, 0.15) is 6.04 Å². The molecule has 3 aromatic heterocycles. The first kappa shape index (κ1) is 20.1. The van der Waals surface area contributed by atoms with Crippen molar-refractivity contribution in [3.05, 3.63) is 94.1 Å². The van der Waals surface area contributed by atoms with E-state index in [-0.39, 0.29) is 17.1 Å². The molecular formula is C22H17N7O4. The van der Waals surface area contributed by atoms with Crippen molar-refractivity contribution < 1.29 is 14.1 Å². The second-order valence-electron chi connectivity index (χ2n) is 7.26. The Morgan fingerprint density at radius 1 is 1.21 bits per heavy atom. The molecule has 0 bridgehead atoms. The maximum atomic E-state index is 13.4. The summed E-state index contributed by atoms with van der Waals surface area (Å²) in [5.74, 6) is 0.601. The van der Waals surface area contributed by atoms with Gasteiger partial charge in [0, 0.05) is 18.0 Å². The fourth-order valence-corrected chi connectivity index (χ4v) is 3.76. The Morgan fingerprint density at radius 2 is 2.06 bits per heavy atom. The second kappa shape index (κ2) is 8.04. The molecule has 11 nitrogen and oxygen atoms in total. The number of nitro benzene ring substituents is 1. The highest BCUT2D eigenvalue weighted by atomic mass is 16.6. The Balaban J connectivity index is 1.66. The summed E-state index contributed by atoms with van der Waals surface area (Å²) in [6, 6.07) is 12.2. The summed E-state index contributed by atoms with van der Waals surface area (Å²) in [5, 5.41) is 22.2. The number of nitrogens with one attached hydrogen (secondary N) is 2. The molecule has 4 aromatic rings. The lowest BCUT2D eigenvalue weighted by molar-refractivity contribution is -0.385. The summed E-state index contributed by atoms with van der Waals surface area (Å²) in [7, 11) is 0. The summed E-state index contributed by atoms with van der Waals surface area (Å²) in [6.07, 6.45) is 4.61. The number of para-hydroxylation sites is 1. The third-order valence-electron chi connectivity index (χ3n) is 5.19. The number of furan rings is 1. The van der Waals surface area contributed by atoms with Gasteiger partial charge in [0.05, 0.1) is 34.2 Å². The first-order chi connectivity index (χ1) is 16.0. The topological polar surface area (TPSA) is 141 Å². The molecule has 0 aliphatic carbocycles. The lowest BCUT2D eigenvalue weighted by atomic mass is 9.93. The molecule has 33 heavy (non-hydrogen) atoms. The van der Waals surface area contributed by atoms with Crippen LogP contribution in [0.4, 0.5) is 17.3 Å². The number of rotatable bonds is 5. The predicted octanol–water partition coefficient (Wildman–Crippen LogP) is 3.77. The number of hydrogen-bond acceptors (Lipinski definition) is 8. The smallest absolute Gasteiger partial charge is 0.275 e. The Bertz CT molecular complexity index is 1380. The minimum atomic E-state index is -0.907. The molecule has 1 amide bonds. The summed E-state index contributed by atoms with van der Waals surface area (Å²) < 4.78 is 6.87. The quantitative estimate of drug-likeness (QED) is 0.351. The van der Waals surface area contributed by atoms with E-state index < -0.39 is 16.9 Å². The number of benzene rings is 1. The van der Waals surface area contributed by atoms with Crippen molar-refractivity contribution in [1.82, 2.24) is 19.7 Å². The standard InChI is InChI=1S/C22H17N7O4/c1-13-18(21(30)25-14-6-4-10-23-12-14)19(15-7-2-3-8-16(15)29(31)32)28-22(24-13)26-20(27-28)17-9-5-11-33-17/h2-12,19H,1H3,(H,25,30)(H,24,26,27). The highest BCUT2D eigenvalue weighted by Crippen LogP contribution is 2.40. The van der Waals surface area contributed by atoms with Crippen molar-refractivity contribution in [3.8, 4) is 11.6 Å². The van der Waals surface area contributed by atoms with E-state index in [0.29, 0.717) is 28.7 Å². The van der Waals surface area contributed by atoms with Crippen LogP contribution >= 0.6 is 0 Å². The largest absolute Gasteiger partial charge is 0.461 e. The van der Waals surface area contributed by atoms with Crippen molar-refractivity contribution in [1.29, 1.82) is 0 Å². The van der Waals surface area contributed by atoms with Crippen LogP contribution in [0.3, 0.4) is 0 Å². The van der Waals surface area contributed by atoms with E-state index in [1.54, 1.807) is 55.6 Å². The van der Waals surface area contributed by atoms with E-state index in [0.717, 1.165) is 0 Å². The van der Waals surface area contributed by atoms with Crippen molar-refractivity contribution in [3.63, 3.8) is 0 Å². The van der Waals surface area contributed by atoms with Gasteiger partial charge in [-0.2, -0.15) is 4.98 Å². The lowest BCUT2D eigenvalue weighted by Gasteiger charge is -2.28. The molecule has 1 aliphatic rings. The molecule has 1 aromatic carbocycles. The Labute approximate surface area is 186 Å². The van der Waals surface area contributed by atoms with Gasteiger partial charge in [-0.1, -0.05) is 12.1 Å². The fraction of sp³-hybridized carbons (Fsp3) is 0.0909. The zero-order valence-corrected chi connectivity index (χ0v) is 17.3. The number of nitro groups is 1. The summed E-state index contributed by atoms with van der Waals surface area (Å²) in [4.78, 5) is 33.2. The average Bonchev–Trinajstić information content (AvgIpc) is 3.48. The summed E-state index contributed by atoms with van der Waals surface area (Å²) >= 11 is 0. The lowest BCUT2D eigenvalue weighted by Crippen LogP contribution is -2.32. The summed E-state index contributed by atoms with van der Waals surface area (Å²) in [5.41, 5.74) is 1.41. The normalized spacial score (nSPS) is 15.0. The highest BCUT2D eigenvalue weighted by Gasteiger charge is 2.38. The zero-order valence-electron chi connectivity index (χ0n) is 17.3. The van der Waals surface area contributed by atoms with Crippen LogP contribution in [0.25, 0.3) is 11.6 Å². The van der Waals surface area contributed by atoms with Crippen molar-refractivity contribution in [2.45, 2.75) is 13.0 Å². The van der Waals surface area contributed by atoms with Crippen LogP contribution in [0.1, 0.15) is 18.5 Å². The number of allylic oxidation sites excluding steroid dienone is 1. The number of nitrogens with zero attached hydrogens (tertiary/aromatic N) is 5. The van der Waals surface area contributed by atoms with Crippen LogP contribution in [0.15, 0.2) is 82.9 Å². The SMILES string of the molecule is CC1=C(C(=O)Nc2cccnc2)C(c2ccccc2[N+](=O)[O-])n2nc(-c3ccco3)nc2N1. The first-order valence-corrected chi connectivity index (χ1v) is 9.96. The third kappa shape index (κ3) is 3.61. The molecule has 5 rings (SSSR count). The minimum Gasteiger partial charge on any atom is -0.461 e. The monoisotopic (exact) mass is 443 g/mol. The molecule has 0 radical (unpaired) electrons. The summed E-state index contributed by atoms with van der Waals surface area (Å²) in [6.45, 7) is 1.71. The number of aromatic nitrogens is 4. The number of hydrogen-bond donors (Lipinski definition) is 2. The Hall–Kier alpha value is -4.80. The van der Waals surface area contributed by atoms with Crippen LogP contribution in [0.2, 0.25) is 0 Å². The molecule has 2 N–H and O–H groups in total. The van der Waals surface area contributed by atoms with E-state index in [1.165, 1.54) is 23.2 Å². The average molecular weight is 443 g/mol. The van der Waals surface area contributed by atoms with Gasteiger partial charge < -0.3 is 15.1 Å². The van der Waals surface area contributed by atoms with Gasteiger partial charge in [0.2, 0.25) is 11.8 Å². The maximum Gasteiger partial charge on any atom is 0.275 e. The number of fused-ring (bicyclic) bond motifs is 1. The second-order valence-corrected chi connectivity index (χ2v) is 7.26. The van der Waals surface area contributed by atoms with Gasteiger partial charge in [0.15, 0.2) is 5.76 Å². The number of amides is 1. The number of carbonyl (C=O) groups excluding carboxylic acids is 1. The number of pyridine rings is 1. The minimum absolute atomic E-state index is 0.134.